The number of piperidine rings is 1. The molecule has 0 aromatic heterocycles. The zero-order valence-electron chi connectivity index (χ0n) is 12.1. The van der Waals surface area contributed by atoms with Gasteiger partial charge in [-0.05, 0) is 18.8 Å². The van der Waals surface area contributed by atoms with Gasteiger partial charge in [-0.15, -0.1) is 0 Å². The topological polar surface area (TPSA) is 50.8 Å². The summed E-state index contributed by atoms with van der Waals surface area (Å²) in [5.41, 5.74) is 1.83. The highest BCUT2D eigenvalue weighted by Crippen LogP contribution is 2.43. The molecule has 1 saturated heterocycles. The van der Waals surface area contributed by atoms with Crippen molar-refractivity contribution in [3.63, 3.8) is 0 Å². The van der Waals surface area contributed by atoms with Gasteiger partial charge >= 0.3 is 0 Å². The van der Waals surface area contributed by atoms with Crippen LogP contribution >= 0.6 is 0 Å². The summed E-state index contributed by atoms with van der Waals surface area (Å²) in [7, 11) is 3.22. The summed E-state index contributed by atoms with van der Waals surface area (Å²) in [5, 5.41) is 2.99. The lowest BCUT2D eigenvalue weighted by Crippen LogP contribution is -2.52. The molecule has 1 aromatic carbocycles. The van der Waals surface area contributed by atoms with Crippen LogP contribution in [-0.4, -0.2) is 32.7 Å². The lowest BCUT2D eigenvalue weighted by molar-refractivity contribution is -0.118. The van der Waals surface area contributed by atoms with E-state index in [1.54, 1.807) is 14.2 Å². The Kier molecular flexibility index (Phi) is 3.20. The van der Waals surface area contributed by atoms with Crippen molar-refractivity contribution in [1.82, 2.24) is 0 Å². The largest absolute Gasteiger partial charge is 0.493 e. The van der Waals surface area contributed by atoms with Gasteiger partial charge in [0, 0.05) is 18.7 Å². The van der Waals surface area contributed by atoms with Crippen LogP contribution < -0.4 is 19.7 Å². The average molecular weight is 276 g/mol. The first kappa shape index (κ1) is 13.1. The molecular weight excluding hydrogens is 256 g/mol. The number of ether oxygens (including phenoxy) is 2. The first-order valence-electron chi connectivity index (χ1n) is 6.97. The standard InChI is InChI=1S/C15H20N2O3/c1-9-4-5-17-11-8-14(20-3)13(19-2)7-10(11)16-15(18)12(17)6-9/h7-9,12H,4-6H2,1-3H3,(H,16,18). The smallest absolute Gasteiger partial charge is 0.247 e. The Morgan fingerprint density at radius 3 is 2.65 bits per heavy atom. The van der Waals surface area contributed by atoms with Crippen LogP contribution in [-0.2, 0) is 4.79 Å². The lowest BCUT2D eigenvalue weighted by Gasteiger charge is -2.43. The van der Waals surface area contributed by atoms with Crippen LogP contribution in [0.5, 0.6) is 11.5 Å². The number of methoxy groups -OCH3 is 2. The number of fused-ring (bicyclic) bond motifs is 3. The number of nitrogens with one attached hydrogen (secondary N) is 1. The second-order valence-corrected chi connectivity index (χ2v) is 5.55. The van der Waals surface area contributed by atoms with Gasteiger partial charge in [-0.3, -0.25) is 4.79 Å². The average Bonchev–Trinajstić information content (AvgIpc) is 2.46. The van der Waals surface area contributed by atoms with E-state index in [9.17, 15) is 4.79 Å². The molecule has 1 fully saturated rings. The normalized spacial score (nSPS) is 24.6. The molecule has 2 atom stereocenters. The fourth-order valence-electron chi connectivity index (χ4n) is 3.10. The maximum atomic E-state index is 12.3. The number of benzene rings is 1. The van der Waals surface area contributed by atoms with Gasteiger partial charge in [-0.2, -0.15) is 0 Å². The molecule has 0 aliphatic carbocycles. The number of nitrogens with zero attached hydrogens (tertiary/aromatic N) is 1. The van der Waals surface area contributed by atoms with Crippen LogP contribution in [0.1, 0.15) is 19.8 Å². The Bertz CT molecular complexity index is 544. The molecule has 108 valence electrons. The van der Waals surface area contributed by atoms with Crippen LogP contribution in [0.4, 0.5) is 11.4 Å². The summed E-state index contributed by atoms with van der Waals surface area (Å²) in [5.74, 6) is 2.00. The first-order chi connectivity index (χ1) is 9.63. The number of hydrogen-bond acceptors (Lipinski definition) is 4. The maximum Gasteiger partial charge on any atom is 0.247 e. The van der Waals surface area contributed by atoms with E-state index < -0.39 is 0 Å². The highest BCUT2D eigenvalue weighted by Gasteiger charge is 2.37. The summed E-state index contributed by atoms with van der Waals surface area (Å²) in [6.07, 6.45) is 2.01. The Balaban J connectivity index is 2.05. The summed E-state index contributed by atoms with van der Waals surface area (Å²) < 4.78 is 10.7. The SMILES string of the molecule is COc1cc2c(cc1OC)N1CCC(C)CC1C(=O)N2. The predicted octanol–water partition coefficient (Wildman–Crippen LogP) is 2.26. The van der Waals surface area contributed by atoms with E-state index in [1.807, 2.05) is 12.1 Å². The van der Waals surface area contributed by atoms with E-state index in [2.05, 4.69) is 17.1 Å². The minimum atomic E-state index is -0.0654. The zero-order chi connectivity index (χ0) is 14.3. The molecule has 2 heterocycles. The van der Waals surface area contributed by atoms with Crippen LogP contribution in [0.25, 0.3) is 0 Å². The van der Waals surface area contributed by atoms with Gasteiger partial charge in [0.15, 0.2) is 11.5 Å². The van der Waals surface area contributed by atoms with Crippen molar-refractivity contribution in [2.24, 2.45) is 5.92 Å². The van der Waals surface area contributed by atoms with Gasteiger partial charge in [0.2, 0.25) is 5.91 Å². The highest BCUT2D eigenvalue weighted by molar-refractivity contribution is 6.04. The van der Waals surface area contributed by atoms with Crippen molar-refractivity contribution in [3.8, 4) is 11.5 Å². The Morgan fingerprint density at radius 2 is 1.95 bits per heavy atom. The third-order valence-corrected chi connectivity index (χ3v) is 4.24. The molecule has 0 radical (unpaired) electrons. The van der Waals surface area contributed by atoms with Crippen molar-refractivity contribution < 1.29 is 14.3 Å². The second-order valence-electron chi connectivity index (χ2n) is 5.55. The van der Waals surface area contributed by atoms with Crippen molar-refractivity contribution in [3.05, 3.63) is 12.1 Å². The minimum absolute atomic E-state index is 0.0654. The molecule has 2 aliphatic heterocycles. The number of rotatable bonds is 2. The van der Waals surface area contributed by atoms with Crippen LogP contribution in [0.2, 0.25) is 0 Å². The molecule has 0 saturated carbocycles. The summed E-state index contributed by atoms with van der Waals surface area (Å²) in [6, 6.07) is 3.72. The molecule has 20 heavy (non-hydrogen) atoms. The third kappa shape index (κ3) is 1.97. The monoisotopic (exact) mass is 276 g/mol. The maximum absolute atomic E-state index is 12.3. The molecule has 1 aromatic rings. The van der Waals surface area contributed by atoms with Crippen molar-refractivity contribution in [2.45, 2.75) is 25.8 Å². The van der Waals surface area contributed by atoms with Crippen LogP contribution in [0.15, 0.2) is 12.1 Å². The molecular formula is C15H20N2O3. The number of anilines is 2. The van der Waals surface area contributed by atoms with E-state index in [0.717, 1.165) is 30.8 Å². The van der Waals surface area contributed by atoms with Crippen molar-refractivity contribution in [2.75, 3.05) is 31.0 Å². The molecule has 2 aliphatic rings. The number of carbonyl (C=O) groups is 1. The van der Waals surface area contributed by atoms with E-state index >= 15 is 0 Å². The van der Waals surface area contributed by atoms with Crippen LogP contribution in [0, 0.1) is 5.92 Å². The number of carbonyl (C=O) groups excluding carboxylic acids is 1. The highest BCUT2D eigenvalue weighted by atomic mass is 16.5. The third-order valence-electron chi connectivity index (χ3n) is 4.24. The first-order valence-corrected chi connectivity index (χ1v) is 6.97. The molecule has 1 N–H and O–H groups in total. The van der Waals surface area contributed by atoms with Crippen molar-refractivity contribution in [1.29, 1.82) is 0 Å². The Labute approximate surface area is 118 Å². The van der Waals surface area contributed by atoms with E-state index in [0.29, 0.717) is 17.4 Å². The molecule has 0 spiro atoms. The van der Waals surface area contributed by atoms with E-state index in [1.165, 1.54) is 0 Å². The van der Waals surface area contributed by atoms with Gasteiger partial charge in [0.25, 0.3) is 0 Å². The number of amides is 1. The predicted molar refractivity (Wildman–Crippen MR) is 77.7 cm³/mol. The molecule has 1 amide bonds. The molecule has 0 bridgehead atoms. The van der Waals surface area contributed by atoms with Crippen LogP contribution in [0.3, 0.4) is 0 Å². The van der Waals surface area contributed by atoms with E-state index in [-0.39, 0.29) is 11.9 Å². The molecule has 5 nitrogen and oxygen atoms in total. The number of hydrogen-bond donors (Lipinski definition) is 1. The fourth-order valence-corrected chi connectivity index (χ4v) is 3.10. The van der Waals surface area contributed by atoms with E-state index in [4.69, 9.17) is 9.47 Å². The summed E-state index contributed by atoms with van der Waals surface area (Å²) in [6.45, 7) is 3.11. The van der Waals surface area contributed by atoms with Gasteiger partial charge in [0.1, 0.15) is 6.04 Å². The molecule has 5 heteroatoms. The van der Waals surface area contributed by atoms with Gasteiger partial charge in [-0.25, -0.2) is 0 Å². The summed E-state index contributed by atoms with van der Waals surface area (Å²) >= 11 is 0. The fraction of sp³-hybridized carbons (Fsp3) is 0.533. The quantitative estimate of drug-likeness (QED) is 0.900. The van der Waals surface area contributed by atoms with Crippen molar-refractivity contribution >= 4 is 17.3 Å². The zero-order valence-corrected chi connectivity index (χ0v) is 12.1. The lowest BCUT2D eigenvalue weighted by atomic mass is 9.90. The second kappa shape index (κ2) is 4.89. The Morgan fingerprint density at radius 1 is 1.25 bits per heavy atom. The van der Waals surface area contributed by atoms with Gasteiger partial charge in [-0.1, -0.05) is 6.92 Å². The molecule has 2 unspecified atom stereocenters. The molecule has 3 rings (SSSR count). The Hall–Kier alpha value is -1.91. The van der Waals surface area contributed by atoms with Gasteiger partial charge < -0.3 is 19.7 Å². The minimum Gasteiger partial charge on any atom is -0.493 e. The summed E-state index contributed by atoms with van der Waals surface area (Å²) in [4.78, 5) is 14.5. The van der Waals surface area contributed by atoms with Gasteiger partial charge in [0.05, 0.1) is 25.6 Å².